The summed E-state index contributed by atoms with van der Waals surface area (Å²) in [5.41, 5.74) is -0.172. The second kappa shape index (κ2) is 6.25. The van der Waals surface area contributed by atoms with Gasteiger partial charge in [0.25, 0.3) is 0 Å². The molecule has 1 N–H and O–H groups in total. The lowest BCUT2D eigenvalue weighted by atomic mass is 9.79. The van der Waals surface area contributed by atoms with E-state index in [4.69, 9.17) is 0 Å². The second-order valence-corrected chi connectivity index (χ2v) is 6.84. The van der Waals surface area contributed by atoms with E-state index in [2.05, 4.69) is 24.1 Å². The summed E-state index contributed by atoms with van der Waals surface area (Å²) in [5, 5.41) is 3.38. The van der Waals surface area contributed by atoms with E-state index in [1.807, 2.05) is 7.05 Å². The van der Waals surface area contributed by atoms with Crippen LogP contribution in [0.5, 0.6) is 0 Å². The minimum Gasteiger partial charge on any atom is -0.342 e. The maximum Gasteiger partial charge on any atom is 0.229 e. The van der Waals surface area contributed by atoms with Crippen molar-refractivity contribution in [2.45, 2.75) is 64.8 Å². The first-order chi connectivity index (χ1) is 9.07. The van der Waals surface area contributed by atoms with Crippen LogP contribution in [0.25, 0.3) is 0 Å². The third-order valence-electron chi connectivity index (χ3n) is 5.38. The van der Waals surface area contributed by atoms with Gasteiger partial charge in [0.15, 0.2) is 0 Å². The van der Waals surface area contributed by atoms with Crippen molar-refractivity contribution in [2.75, 3.05) is 20.1 Å². The van der Waals surface area contributed by atoms with Gasteiger partial charge in [-0.1, -0.05) is 13.3 Å². The molecule has 0 aromatic rings. The second-order valence-electron chi connectivity index (χ2n) is 6.84. The van der Waals surface area contributed by atoms with E-state index in [0.717, 1.165) is 31.8 Å². The molecule has 1 aliphatic carbocycles. The van der Waals surface area contributed by atoms with Crippen LogP contribution in [0.2, 0.25) is 0 Å². The van der Waals surface area contributed by atoms with Crippen molar-refractivity contribution in [3.63, 3.8) is 0 Å². The van der Waals surface area contributed by atoms with Crippen LogP contribution in [0.4, 0.5) is 0 Å². The number of rotatable bonds is 3. The molecular weight excluding hydrogens is 236 g/mol. The van der Waals surface area contributed by atoms with Gasteiger partial charge in [0, 0.05) is 19.6 Å². The maximum atomic E-state index is 12.8. The summed E-state index contributed by atoms with van der Waals surface area (Å²) in [5.74, 6) is 1.26. The molecule has 0 radical (unpaired) electrons. The molecule has 3 heteroatoms. The predicted molar refractivity (Wildman–Crippen MR) is 79.0 cm³/mol. The van der Waals surface area contributed by atoms with Crippen LogP contribution in [0, 0.1) is 11.3 Å². The average molecular weight is 266 g/mol. The van der Waals surface area contributed by atoms with E-state index < -0.39 is 0 Å². The molecule has 0 spiro atoms. The Labute approximate surface area is 118 Å². The minimum atomic E-state index is -0.172. The standard InChI is InChI=1S/C16H30N2O/c1-4-13-6-8-14(9-7-13)18(3)15(19)16(2)10-5-11-17-12-16/h13-14,17H,4-12H2,1-3H3. The molecule has 1 saturated carbocycles. The Morgan fingerprint density at radius 3 is 2.53 bits per heavy atom. The quantitative estimate of drug-likeness (QED) is 0.852. The Kier molecular flexibility index (Phi) is 4.88. The van der Waals surface area contributed by atoms with Crippen LogP contribution in [0.3, 0.4) is 0 Å². The molecule has 0 aromatic carbocycles. The fraction of sp³-hybridized carbons (Fsp3) is 0.938. The summed E-state index contributed by atoms with van der Waals surface area (Å²) in [7, 11) is 2.03. The third kappa shape index (κ3) is 3.31. The SMILES string of the molecule is CCC1CCC(N(C)C(=O)C2(C)CCCNC2)CC1. The Balaban J connectivity index is 1.92. The highest BCUT2D eigenvalue weighted by atomic mass is 16.2. The van der Waals surface area contributed by atoms with Gasteiger partial charge in [-0.15, -0.1) is 0 Å². The molecular formula is C16H30N2O. The summed E-state index contributed by atoms with van der Waals surface area (Å²) < 4.78 is 0. The Morgan fingerprint density at radius 1 is 1.32 bits per heavy atom. The van der Waals surface area contributed by atoms with Crippen molar-refractivity contribution in [3.8, 4) is 0 Å². The molecule has 1 aliphatic heterocycles. The Morgan fingerprint density at radius 2 is 2.00 bits per heavy atom. The van der Waals surface area contributed by atoms with E-state index in [-0.39, 0.29) is 5.41 Å². The molecule has 110 valence electrons. The smallest absolute Gasteiger partial charge is 0.229 e. The van der Waals surface area contributed by atoms with Crippen LogP contribution < -0.4 is 5.32 Å². The van der Waals surface area contributed by atoms with Gasteiger partial charge >= 0.3 is 0 Å². The highest BCUT2D eigenvalue weighted by Crippen LogP contribution is 2.33. The van der Waals surface area contributed by atoms with E-state index in [1.54, 1.807) is 0 Å². The lowest BCUT2D eigenvalue weighted by molar-refractivity contribution is -0.143. The van der Waals surface area contributed by atoms with Gasteiger partial charge in [0.05, 0.1) is 5.41 Å². The number of amides is 1. The molecule has 2 aliphatic rings. The summed E-state index contributed by atoms with van der Waals surface area (Å²) in [4.78, 5) is 14.8. The first kappa shape index (κ1) is 14.8. The predicted octanol–water partition coefficient (Wildman–Crippen LogP) is 2.80. The van der Waals surface area contributed by atoms with Gasteiger partial charge in [-0.2, -0.15) is 0 Å². The zero-order valence-electron chi connectivity index (χ0n) is 12.9. The lowest BCUT2D eigenvalue weighted by Crippen LogP contribution is -2.52. The summed E-state index contributed by atoms with van der Waals surface area (Å²) in [6.45, 7) is 6.33. The molecule has 2 fully saturated rings. The van der Waals surface area contributed by atoms with Crippen molar-refractivity contribution in [2.24, 2.45) is 11.3 Å². The van der Waals surface area contributed by atoms with Crippen LogP contribution in [-0.2, 0) is 4.79 Å². The number of hydrogen-bond acceptors (Lipinski definition) is 2. The maximum absolute atomic E-state index is 12.8. The van der Waals surface area contributed by atoms with Crippen molar-refractivity contribution in [1.29, 1.82) is 0 Å². The average Bonchev–Trinajstić information content (AvgIpc) is 2.46. The first-order valence-electron chi connectivity index (χ1n) is 8.05. The molecule has 0 aromatic heterocycles. The molecule has 1 heterocycles. The van der Waals surface area contributed by atoms with Crippen LogP contribution in [-0.4, -0.2) is 37.0 Å². The van der Waals surface area contributed by atoms with E-state index >= 15 is 0 Å². The van der Waals surface area contributed by atoms with E-state index in [1.165, 1.54) is 32.1 Å². The van der Waals surface area contributed by atoms with Gasteiger partial charge in [0.2, 0.25) is 5.91 Å². The zero-order chi connectivity index (χ0) is 13.9. The molecule has 1 amide bonds. The molecule has 1 saturated heterocycles. The largest absolute Gasteiger partial charge is 0.342 e. The molecule has 1 unspecified atom stereocenters. The van der Waals surface area contributed by atoms with Gasteiger partial charge in [-0.3, -0.25) is 4.79 Å². The lowest BCUT2D eigenvalue weighted by Gasteiger charge is -2.41. The van der Waals surface area contributed by atoms with Crippen molar-refractivity contribution in [3.05, 3.63) is 0 Å². The van der Waals surface area contributed by atoms with Crippen molar-refractivity contribution < 1.29 is 4.79 Å². The fourth-order valence-corrected chi connectivity index (χ4v) is 3.77. The number of nitrogens with zero attached hydrogens (tertiary/aromatic N) is 1. The topological polar surface area (TPSA) is 32.3 Å². The van der Waals surface area contributed by atoms with Crippen molar-refractivity contribution >= 4 is 5.91 Å². The fourth-order valence-electron chi connectivity index (χ4n) is 3.77. The molecule has 19 heavy (non-hydrogen) atoms. The van der Waals surface area contributed by atoms with Gasteiger partial charge < -0.3 is 10.2 Å². The molecule has 1 atom stereocenters. The zero-order valence-corrected chi connectivity index (χ0v) is 12.9. The van der Waals surface area contributed by atoms with E-state index in [0.29, 0.717) is 11.9 Å². The summed E-state index contributed by atoms with van der Waals surface area (Å²) in [6, 6.07) is 0.481. The third-order valence-corrected chi connectivity index (χ3v) is 5.38. The number of piperidine rings is 1. The molecule has 2 rings (SSSR count). The molecule has 0 bridgehead atoms. The summed E-state index contributed by atoms with van der Waals surface area (Å²) >= 11 is 0. The highest BCUT2D eigenvalue weighted by Gasteiger charge is 2.39. The number of carbonyl (C=O) groups excluding carboxylic acids is 1. The minimum absolute atomic E-state index is 0.172. The highest BCUT2D eigenvalue weighted by molar-refractivity contribution is 5.82. The van der Waals surface area contributed by atoms with Gasteiger partial charge in [-0.05, 0) is 57.9 Å². The Bertz CT molecular complexity index is 302. The normalized spacial score (nSPS) is 35.9. The first-order valence-corrected chi connectivity index (χ1v) is 8.05. The van der Waals surface area contributed by atoms with Crippen LogP contribution >= 0.6 is 0 Å². The van der Waals surface area contributed by atoms with Crippen LogP contribution in [0.15, 0.2) is 0 Å². The monoisotopic (exact) mass is 266 g/mol. The van der Waals surface area contributed by atoms with Crippen LogP contribution in [0.1, 0.15) is 58.8 Å². The number of carbonyl (C=O) groups is 1. The number of hydrogen-bond donors (Lipinski definition) is 1. The number of nitrogens with one attached hydrogen (secondary N) is 1. The summed E-state index contributed by atoms with van der Waals surface area (Å²) in [6.07, 6.45) is 8.45. The van der Waals surface area contributed by atoms with Crippen molar-refractivity contribution in [1.82, 2.24) is 10.2 Å². The van der Waals surface area contributed by atoms with Gasteiger partial charge in [-0.25, -0.2) is 0 Å². The van der Waals surface area contributed by atoms with E-state index in [9.17, 15) is 4.79 Å². The van der Waals surface area contributed by atoms with Gasteiger partial charge in [0.1, 0.15) is 0 Å². The molecule has 3 nitrogen and oxygen atoms in total. The Hall–Kier alpha value is -0.570.